The van der Waals surface area contributed by atoms with E-state index in [9.17, 15) is 0 Å². The molecule has 0 aromatic carbocycles. The molecular formula is C10H19NOS. The molecule has 0 spiro atoms. The normalized spacial score (nSPS) is 30.4. The Bertz CT molecular complexity index is 174. The van der Waals surface area contributed by atoms with Crippen LogP contribution in [0.1, 0.15) is 13.8 Å². The first-order chi connectivity index (χ1) is 6.11. The van der Waals surface area contributed by atoms with Crippen molar-refractivity contribution in [1.29, 1.82) is 0 Å². The molecule has 2 unspecified atom stereocenters. The van der Waals surface area contributed by atoms with Crippen molar-refractivity contribution in [2.75, 3.05) is 25.4 Å². The number of nitrogens with zero attached hydrogens (tertiary/aromatic N) is 1. The van der Waals surface area contributed by atoms with E-state index in [0.717, 1.165) is 25.4 Å². The van der Waals surface area contributed by atoms with E-state index >= 15 is 0 Å². The Balaban J connectivity index is 2.37. The molecule has 0 amide bonds. The minimum absolute atomic E-state index is 0.344. The van der Waals surface area contributed by atoms with Crippen molar-refractivity contribution in [3.8, 4) is 0 Å². The number of hydrogen-bond donors (Lipinski definition) is 1. The van der Waals surface area contributed by atoms with Crippen LogP contribution in [0.3, 0.4) is 0 Å². The predicted octanol–water partition coefficient (Wildman–Crippen LogP) is 1.58. The molecule has 0 aromatic rings. The van der Waals surface area contributed by atoms with Crippen LogP contribution in [-0.2, 0) is 4.74 Å². The predicted molar refractivity (Wildman–Crippen MR) is 59.4 cm³/mol. The Kier molecular flexibility index (Phi) is 4.29. The summed E-state index contributed by atoms with van der Waals surface area (Å²) >= 11 is 4.20. The summed E-state index contributed by atoms with van der Waals surface area (Å²) in [4.78, 5) is 2.39. The number of morpholine rings is 1. The molecule has 1 saturated heterocycles. The fourth-order valence-corrected chi connectivity index (χ4v) is 1.88. The Morgan fingerprint density at radius 2 is 2.00 bits per heavy atom. The third kappa shape index (κ3) is 3.71. The SMILES string of the molecule is C=C(CS)CN1CC(C)OC(C)C1. The molecule has 2 nitrogen and oxygen atoms in total. The van der Waals surface area contributed by atoms with Crippen molar-refractivity contribution < 1.29 is 4.74 Å². The third-order valence-electron chi connectivity index (χ3n) is 2.17. The topological polar surface area (TPSA) is 12.5 Å². The minimum atomic E-state index is 0.344. The number of hydrogen-bond acceptors (Lipinski definition) is 3. The minimum Gasteiger partial charge on any atom is -0.373 e. The molecule has 0 radical (unpaired) electrons. The highest BCUT2D eigenvalue weighted by Crippen LogP contribution is 2.11. The smallest absolute Gasteiger partial charge is 0.0678 e. The average Bonchev–Trinajstić information content (AvgIpc) is 2.02. The van der Waals surface area contributed by atoms with E-state index in [-0.39, 0.29) is 0 Å². The quantitative estimate of drug-likeness (QED) is 0.550. The van der Waals surface area contributed by atoms with Crippen molar-refractivity contribution in [2.45, 2.75) is 26.1 Å². The van der Waals surface area contributed by atoms with E-state index in [1.807, 2.05) is 0 Å². The Hall–Kier alpha value is 0.01000. The monoisotopic (exact) mass is 201 g/mol. The molecule has 0 bridgehead atoms. The summed E-state index contributed by atoms with van der Waals surface area (Å²) in [7, 11) is 0. The first kappa shape index (κ1) is 11.1. The van der Waals surface area contributed by atoms with Crippen LogP contribution in [0.15, 0.2) is 12.2 Å². The molecule has 1 heterocycles. The summed E-state index contributed by atoms with van der Waals surface area (Å²) in [5, 5.41) is 0. The van der Waals surface area contributed by atoms with Crippen molar-refractivity contribution in [1.82, 2.24) is 4.90 Å². The van der Waals surface area contributed by atoms with Crippen molar-refractivity contribution >= 4 is 12.6 Å². The van der Waals surface area contributed by atoms with Crippen LogP contribution >= 0.6 is 12.6 Å². The van der Waals surface area contributed by atoms with Gasteiger partial charge in [0.2, 0.25) is 0 Å². The van der Waals surface area contributed by atoms with Gasteiger partial charge in [0.25, 0.3) is 0 Å². The Labute approximate surface area is 86.4 Å². The highest BCUT2D eigenvalue weighted by molar-refractivity contribution is 7.80. The van der Waals surface area contributed by atoms with E-state index in [4.69, 9.17) is 4.74 Å². The van der Waals surface area contributed by atoms with E-state index in [0.29, 0.717) is 12.2 Å². The molecule has 2 atom stereocenters. The van der Waals surface area contributed by atoms with Crippen LogP contribution in [0.25, 0.3) is 0 Å². The molecule has 13 heavy (non-hydrogen) atoms. The number of thiol groups is 1. The van der Waals surface area contributed by atoms with E-state index in [1.54, 1.807) is 0 Å². The van der Waals surface area contributed by atoms with Crippen molar-refractivity contribution in [3.63, 3.8) is 0 Å². The molecule has 3 heteroatoms. The zero-order chi connectivity index (χ0) is 9.84. The molecule has 1 aliphatic rings. The summed E-state index contributed by atoms with van der Waals surface area (Å²) in [5.74, 6) is 0.778. The highest BCUT2D eigenvalue weighted by Gasteiger charge is 2.21. The van der Waals surface area contributed by atoms with Gasteiger partial charge in [-0.25, -0.2) is 0 Å². The van der Waals surface area contributed by atoms with Crippen LogP contribution in [-0.4, -0.2) is 42.5 Å². The summed E-state index contributed by atoms with van der Waals surface area (Å²) < 4.78 is 5.64. The lowest BCUT2D eigenvalue weighted by Crippen LogP contribution is -2.46. The fourth-order valence-electron chi connectivity index (χ4n) is 1.78. The summed E-state index contributed by atoms with van der Waals surface area (Å²) in [6, 6.07) is 0. The second kappa shape index (κ2) is 5.03. The molecule has 1 rings (SSSR count). The van der Waals surface area contributed by atoms with Gasteiger partial charge in [-0.15, -0.1) is 0 Å². The van der Waals surface area contributed by atoms with E-state index in [1.165, 1.54) is 5.57 Å². The highest BCUT2D eigenvalue weighted by atomic mass is 32.1. The van der Waals surface area contributed by atoms with Gasteiger partial charge in [-0.05, 0) is 13.8 Å². The standard InChI is InChI=1S/C10H19NOS/c1-8(7-13)4-11-5-9(2)12-10(3)6-11/h9-10,13H,1,4-7H2,2-3H3. The van der Waals surface area contributed by atoms with Gasteiger partial charge in [-0.2, -0.15) is 12.6 Å². The first-order valence-corrected chi connectivity index (χ1v) is 5.40. The third-order valence-corrected chi connectivity index (χ3v) is 2.61. The zero-order valence-electron chi connectivity index (χ0n) is 8.49. The van der Waals surface area contributed by atoms with Crippen LogP contribution in [0.4, 0.5) is 0 Å². The van der Waals surface area contributed by atoms with Gasteiger partial charge < -0.3 is 4.74 Å². The number of rotatable bonds is 3. The van der Waals surface area contributed by atoms with E-state index < -0.39 is 0 Å². The van der Waals surface area contributed by atoms with Gasteiger partial charge in [0.05, 0.1) is 12.2 Å². The van der Waals surface area contributed by atoms with Crippen LogP contribution in [0.2, 0.25) is 0 Å². The maximum Gasteiger partial charge on any atom is 0.0678 e. The number of ether oxygens (including phenoxy) is 1. The van der Waals surface area contributed by atoms with Crippen LogP contribution in [0, 0.1) is 0 Å². The van der Waals surface area contributed by atoms with Gasteiger partial charge in [0.1, 0.15) is 0 Å². The average molecular weight is 201 g/mol. The zero-order valence-corrected chi connectivity index (χ0v) is 9.39. The molecule has 0 saturated carbocycles. The Morgan fingerprint density at radius 3 is 2.46 bits per heavy atom. The van der Waals surface area contributed by atoms with Gasteiger partial charge >= 0.3 is 0 Å². The maximum absolute atomic E-state index is 5.64. The lowest BCUT2D eigenvalue weighted by Gasteiger charge is -2.35. The van der Waals surface area contributed by atoms with Crippen molar-refractivity contribution in [2.24, 2.45) is 0 Å². The van der Waals surface area contributed by atoms with Crippen molar-refractivity contribution in [3.05, 3.63) is 12.2 Å². The van der Waals surface area contributed by atoms with Gasteiger partial charge in [0, 0.05) is 25.4 Å². The molecule has 0 aliphatic carbocycles. The Morgan fingerprint density at radius 1 is 1.46 bits per heavy atom. The van der Waals surface area contributed by atoms with Gasteiger partial charge in [0.15, 0.2) is 0 Å². The lowest BCUT2D eigenvalue weighted by atomic mass is 10.2. The van der Waals surface area contributed by atoms with Crippen LogP contribution in [0.5, 0.6) is 0 Å². The first-order valence-electron chi connectivity index (χ1n) is 4.77. The summed E-state index contributed by atoms with van der Waals surface area (Å²) in [5.41, 5.74) is 1.18. The van der Waals surface area contributed by atoms with Crippen LogP contribution < -0.4 is 0 Å². The molecule has 0 N–H and O–H groups in total. The maximum atomic E-state index is 5.64. The second-order valence-electron chi connectivity index (χ2n) is 3.86. The van der Waals surface area contributed by atoms with Gasteiger partial charge in [-0.1, -0.05) is 12.2 Å². The summed E-state index contributed by atoms with van der Waals surface area (Å²) in [6.07, 6.45) is 0.688. The molecule has 0 aromatic heterocycles. The molecule has 1 fully saturated rings. The van der Waals surface area contributed by atoms with Gasteiger partial charge in [-0.3, -0.25) is 4.90 Å². The lowest BCUT2D eigenvalue weighted by molar-refractivity contribution is -0.0652. The second-order valence-corrected chi connectivity index (χ2v) is 4.18. The fraction of sp³-hybridized carbons (Fsp3) is 0.800. The molecule has 76 valence electrons. The largest absolute Gasteiger partial charge is 0.373 e. The van der Waals surface area contributed by atoms with E-state index in [2.05, 4.69) is 38.0 Å². The molecular weight excluding hydrogens is 182 g/mol. The summed E-state index contributed by atoms with van der Waals surface area (Å²) in [6.45, 7) is 11.2. The molecule has 1 aliphatic heterocycles.